The van der Waals surface area contributed by atoms with E-state index in [1.54, 1.807) is 12.1 Å². The van der Waals surface area contributed by atoms with Crippen LogP contribution in [0, 0.1) is 0 Å². The first kappa shape index (κ1) is 13.4. The molecule has 0 spiro atoms. The van der Waals surface area contributed by atoms with Crippen LogP contribution in [0.15, 0.2) is 48.5 Å². The van der Waals surface area contributed by atoms with Gasteiger partial charge >= 0.3 is 6.36 Å². The zero-order chi connectivity index (χ0) is 13.9. The molecule has 0 fully saturated rings. The summed E-state index contributed by atoms with van der Waals surface area (Å²) in [5.74, 6) is -0.243. The fraction of sp³-hybridized carbons (Fsp3) is 0.143. The maximum Gasteiger partial charge on any atom is 0.573 e. The Bertz CT molecular complexity index is 549. The summed E-state index contributed by atoms with van der Waals surface area (Å²) in [6, 6.07) is 13.0. The number of nitrogens with one attached hydrogen (secondary N) is 1. The fourth-order valence-electron chi connectivity index (χ4n) is 1.71. The second kappa shape index (κ2) is 5.32. The van der Waals surface area contributed by atoms with Crippen LogP contribution in [0.4, 0.5) is 13.2 Å². The van der Waals surface area contributed by atoms with Crippen LogP contribution in [0.3, 0.4) is 0 Å². The molecule has 0 aliphatic carbocycles. The average Bonchev–Trinajstić information content (AvgIpc) is 2.38. The summed E-state index contributed by atoms with van der Waals surface area (Å²) in [7, 11) is 0. The van der Waals surface area contributed by atoms with Crippen molar-refractivity contribution >= 4 is 0 Å². The molecule has 19 heavy (non-hydrogen) atoms. The van der Waals surface area contributed by atoms with Gasteiger partial charge in [0.1, 0.15) is 5.75 Å². The number of hydrogen-bond acceptors (Lipinski definition) is 1. The van der Waals surface area contributed by atoms with Gasteiger partial charge in [0.2, 0.25) is 0 Å². The summed E-state index contributed by atoms with van der Waals surface area (Å²) < 4.78 is 39.9. The summed E-state index contributed by atoms with van der Waals surface area (Å²) in [4.78, 5) is 0. The molecule has 100 valence electrons. The van der Waals surface area contributed by atoms with Crippen molar-refractivity contribution in [3.8, 4) is 16.9 Å². The van der Waals surface area contributed by atoms with Gasteiger partial charge in [-0.3, -0.25) is 0 Å². The van der Waals surface area contributed by atoms with E-state index in [1.165, 1.54) is 12.1 Å². The molecule has 0 radical (unpaired) electrons. The highest BCUT2D eigenvalue weighted by Gasteiger charge is 2.30. The molecule has 0 atom stereocenters. The second-order valence-electron chi connectivity index (χ2n) is 3.95. The van der Waals surface area contributed by atoms with E-state index in [-0.39, 0.29) is 12.3 Å². The lowest BCUT2D eigenvalue weighted by Gasteiger charge is -2.10. The lowest BCUT2D eigenvalue weighted by molar-refractivity contribution is -0.274. The monoisotopic (exact) mass is 266 g/mol. The molecule has 0 saturated heterocycles. The third kappa shape index (κ3) is 3.72. The molecule has 0 heterocycles. The predicted octanol–water partition coefficient (Wildman–Crippen LogP) is 4.80. The van der Waals surface area contributed by atoms with Crippen molar-refractivity contribution in [2.24, 2.45) is 0 Å². The van der Waals surface area contributed by atoms with Gasteiger partial charge in [-0.25, -0.2) is 0 Å². The first-order valence-electron chi connectivity index (χ1n) is 5.58. The largest absolute Gasteiger partial charge is 0.674 e. The van der Waals surface area contributed by atoms with Gasteiger partial charge in [0.25, 0.3) is 0 Å². The average molecular weight is 266 g/mol. The molecule has 2 nitrogen and oxygen atoms in total. The van der Waals surface area contributed by atoms with Crippen LogP contribution >= 0.6 is 0 Å². The van der Waals surface area contributed by atoms with Crippen molar-refractivity contribution in [1.29, 1.82) is 0 Å². The van der Waals surface area contributed by atoms with E-state index < -0.39 is 6.36 Å². The molecule has 0 bridgehead atoms. The van der Waals surface area contributed by atoms with Crippen LogP contribution in [0.25, 0.3) is 16.9 Å². The third-order valence-electron chi connectivity index (χ3n) is 2.55. The molecule has 0 aliphatic rings. The molecule has 0 aromatic heterocycles. The first-order valence-corrected chi connectivity index (χ1v) is 5.58. The van der Waals surface area contributed by atoms with E-state index in [0.717, 1.165) is 16.7 Å². The van der Waals surface area contributed by atoms with Gasteiger partial charge in [0, 0.05) is 0 Å². The standard InChI is InChI=1S/C14H11F3NO/c15-14(16,17)19-13-6-4-11(5-7-13)12-3-1-2-10(8-12)9-18/h1-8,18H,9H2/q-1. The first-order chi connectivity index (χ1) is 8.98. The van der Waals surface area contributed by atoms with Gasteiger partial charge in [-0.05, 0) is 23.3 Å². The lowest BCUT2D eigenvalue weighted by atomic mass is 10.0. The summed E-state index contributed by atoms with van der Waals surface area (Å²) in [5, 5.41) is 0. The quantitative estimate of drug-likeness (QED) is 0.785. The molecule has 0 unspecified atom stereocenters. The summed E-state index contributed by atoms with van der Waals surface area (Å²) >= 11 is 0. The summed E-state index contributed by atoms with van der Waals surface area (Å²) in [5.41, 5.74) is 9.79. The summed E-state index contributed by atoms with van der Waals surface area (Å²) in [6.07, 6.45) is -4.67. The Balaban J connectivity index is 2.22. The van der Waals surface area contributed by atoms with Crippen LogP contribution in [-0.4, -0.2) is 6.36 Å². The Kier molecular flexibility index (Phi) is 3.76. The Morgan fingerprint density at radius 2 is 1.63 bits per heavy atom. The molecule has 1 N–H and O–H groups in total. The van der Waals surface area contributed by atoms with Crippen molar-refractivity contribution in [3.05, 3.63) is 59.8 Å². The number of halogens is 3. The van der Waals surface area contributed by atoms with Crippen molar-refractivity contribution in [3.63, 3.8) is 0 Å². The molecule has 2 aromatic rings. The summed E-state index contributed by atoms with van der Waals surface area (Å²) in [6.45, 7) is 0.170. The van der Waals surface area contributed by atoms with Crippen molar-refractivity contribution in [2.45, 2.75) is 12.9 Å². The van der Waals surface area contributed by atoms with E-state index in [9.17, 15) is 13.2 Å². The number of rotatable bonds is 3. The van der Waals surface area contributed by atoms with E-state index >= 15 is 0 Å². The minimum Gasteiger partial charge on any atom is -0.674 e. The van der Waals surface area contributed by atoms with E-state index in [1.807, 2.05) is 24.3 Å². The van der Waals surface area contributed by atoms with Crippen LogP contribution in [0.5, 0.6) is 5.75 Å². The van der Waals surface area contributed by atoms with Crippen LogP contribution in [-0.2, 0) is 6.54 Å². The zero-order valence-electron chi connectivity index (χ0n) is 9.87. The fourth-order valence-corrected chi connectivity index (χ4v) is 1.71. The van der Waals surface area contributed by atoms with Gasteiger partial charge in [-0.15, -0.1) is 19.7 Å². The van der Waals surface area contributed by atoms with Crippen molar-refractivity contribution in [2.75, 3.05) is 0 Å². The topological polar surface area (TPSA) is 33.0 Å². The maximum absolute atomic E-state index is 12.0. The molecule has 5 heteroatoms. The van der Waals surface area contributed by atoms with Crippen LogP contribution < -0.4 is 4.74 Å². The van der Waals surface area contributed by atoms with Gasteiger partial charge in [0.05, 0.1) is 0 Å². The Labute approximate surface area is 108 Å². The third-order valence-corrected chi connectivity index (χ3v) is 2.55. The highest BCUT2D eigenvalue weighted by molar-refractivity contribution is 5.64. The molecule has 0 aliphatic heterocycles. The Morgan fingerprint density at radius 1 is 0.947 bits per heavy atom. The smallest absolute Gasteiger partial charge is 0.573 e. The highest BCUT2D eigenvalue weighted by atomic mass is 19.4. The van der Waals surface area contributed by atoms with Gasteiger partial charge in [0.15, 0.2) is 0 Å². The van der Waals surface area contributed by atoms with Crippen LogP contribution in [0.2, 0.25) is 0 Å². The van der Waals surface area contributed by atoms with Crippen molar-refractivity contribution in [1.82, 2.24) is 0 Å². The number of hydrogen-bond donors (Lipinski definition) is 0. The lowest BCUT2D eigenvalue weighted by Crippen LogP contribution is -2.16. The second-order valence-corrected chi connectivity index (χ2v) is 3.95. The maximum atomic E-state index is 12.0. The molecular formula is C14H11F3NO-. The zero-order valence-corrected chi connectivity index (χ0v) is 9.87. The van der Waals surface area contributed by atoms with Crippen molar-refractivity contribution < 1.29 is 17.9 Å². The van der Waals surface area contributed by atoms with E-state index in [2.05, 4.69) is 4.74 Å². The highest BCUT2D eigenvalue weighted by Crippen LogP contribution is 2.26. The van der Waals surface area contributed by atoms with Gasteiger partial charge in [-0.1, -0.05) is 42.0 Å². The molecule has 0 amide bonds. The van der Waals surface area contributed by atoms with E-state index in [0.29, 0.717) is 0 Å². The normalized spacial score (nSPS) is 11.4. The molecular weight excluding hydrogens is 255 g/mol. The van der Waals surface area contributed by atoms with Gasteiger partial charge in [-0.2, -0.15) is 0 Å². The van der Waals surface area contributed by atoms with Gasteiger partial charge < -0.3 is 10.5 Å². The number of ether oxygens (including phenoxy) is 1. The SMILES string of the molecule is [NH-]Cc1cccc(-c2ccc(OC(F)(F)F)cc2)c1. The predicted molar refractivity (Wildman–Crippen MR) is 66.6 cm³/mol. The number of alkyl halides is 3. The molecule has 2 aromatic carbocycles. The minimum absolute atomic E-state index is 0.170. The Morgan fingerprint density at radius 3 is 2.21 bits per heavy atom. The van der Waals surface area contributed by atoms with E-state index in [4.69, 9.17) is 5.73 Å². The molecule has 0 saturated carbocycles. The number of benzene rings is 2. The minimum atomic E-state index is -4.67. The van der Waals surface area contributed by atoms with Crippen LogP contribution in [0.1, 0.15) is 5.56 Å². The molecule has 2 rings (SSSR count). The Hall–Kier alpha value is -2.01.